The lowest BCUT2D eigenvalue weighted by molar-refractivity contribution is 0.311. The van der Waals surface area contributed by atoms with Crippen LogP contribution in [0.15, 0.2) is 15.3 Å². The Labute approximate surface area is 244 Å². The van der Waals surface area contributed by atoms with Gasteiger partial charge in [-0.3, -0.25) is 0 Å². The van der Waals surface area contributed by atoms with Crippen molar-refractivity contribution in [2.45, 2.75) is 149 Å². The van der Waals surface area contributed by atoms with Gasteiger partial charge in [0, 0.05) is 36.3 Å². The SMILES string of the molecule is CCCCCCCCCCCCCCCCCCN(C)Cc1c(C)c2cc3c4c(c2oc1=O)CCCN4CCC3. The number of nitrogens with zero attached hydrogens (tertiary/aromatic N) is 2. The maximum Gasteiger partial charge on any atom is 0.341 e. The lowest BCUT2D eigenvalue weighted by Gasteiger charge is -2.37. The fraction of sp³-hybridized carbons (Fsp3) is 0.750. The van der Waals surface area contributed by atoms with Crippen LogP contribution < -0.4 is 10.5 Å². The summed E-state index contributed by atoms with van der Waals surface area (Å²) in [6.07, 6.45) is 26.9. The van der Waals surface area contributed by atoms with Crippen molar-refractivity contribution >= 4 is 16.7 Å². The number of anilines is 1. The predicted octanol–water partition coefficient (Wildman–Crippen LogP) is 9.49. The van der Waals surface area contributed by atoms with Gasteiger partial charge in [0.2, 0.25) is 0 Å². The van der Waals surface area contributed by atoms with Gasteiger partial charge in [-0.1, -0.05) is 103 Å². The maximum absolute atomic E-state index is 13.1. The van der Waals surface area contributed by atoms with Crippen LogP contribution in [0.5, 0.6) is 0 Å². The van der Waals surface area contributed by atoms with Gasteiger partial charge in [0.25, 0.3) is 0 Å². The molecule has 0 fully saturated rings. The van der Waals surface area contributed by atoms with Gasteiger partial charge in [-0.25, -0.2) is 4.79 Å². The Morgan fingerprint density at radius 1 is 0.800 bits per heavy atom. The molecule has 2 aliphatic rings. The van der Waals surface area contributed by atoms with E-state index in [1.54, 1.807) is 0 Å². The number of unbranched alkanes of at least 4 members (excludes halogenated alkanes) is 15. The van der Waals surface area contributed by atoms with E-state index in [1.165, 1.54) is 131 Å². The van der Waals surface area contributed by atoms with Crippen LogP contribution in [0.25, 0.3) is 11.0 Å². The molecule has 0 unspecified atom stereocenters. The maximum atomic E-state index is 13.1. The molecule has 4 heteroatoms. The van der Waals surface area contributed by atoms with Gasteiger partial charge in [-0.05, 0) is 69.8 Å². The fourth-order valence-electron chi connectivity index (χ4n) is 7.16. The Hall–Kier alpha value is -1.81. The van der Waals surface area contributed by atoms with E-state index in [-0.39, 0.29) is 5.63 Å². The molecular formula is C36H58N2O2. The summed E-state index contributed by atoms with van der Waals surface area (Å²) in [5.74, 6) is 0. The second-order valence-electron chi connectivity index (χ2n) is 13.0. The van der Waals surface area contributed by atoms with Crippen LogP contribution in [0.1, 0.15) is 145 Å². The Balaban J connectivity index is 1.12. The Morgan fingerprint density at radius 3 is 1.95 bits per heavy atom. The first-order valence-corrected chi connectivity index (χ1v) is 17.1. The minimum Gasteiger partial charge on any atom is -0.422 e. The average molecular weight is 551 g/mol. The Morgan fingerprint density at radius 2 is 1.35 bits per heavy atom. The van der Waals surface area contributed by atoms with Crippen molar-refractivity contribution < 1.29 is 4.42 Å². The van der Waals surface area contributed by atoms with Crippen LogP contribution in [-0.4, -0.2) is 31.6 Å². The Bertz CT molecular complexity index is 1100. The molecule has 0 N–H and O–H groups in total. The zero-order valence-corrected chi connectivity index (χ0v) is 26.3. The van der Waals surface area contributed by atoms with Gasteiger partial charge in [0.1, 0.15) is 5.58 Å². The van der Waals surface area contributed by atoms with E-state index >= 15 is 0 Å². The summed E-state index contributed by atoms with van der Waals surface area (Å²) in [7, 11) is 2.16. The number of hydrogen-bond donors (Lipinski definition) is 0. The van der Waals surface area contributed by atoms with Crippen LogP contribution >= 0.6 is 0 Å². The smallest absolute Gasteiger partial charge is 0.341 e. The highest BCUT2D eigenvalue weighted by atomic mass is 16.4. The first-order chi connectivity index (χ1) is 19.6. The van der Waals surface area contributed by atoms with Crippen molar-refractivity contribution in [3.05, 3.63) is 38.7 Å². The third-order valence-corrected chi connectivity index (χ3v) is 9.59. The minimum atomic E-state index is -0.132. The molecule has 3 heterocycles. The zero-order valence-electron chi connectivity index (χ0n) is 26.3. The molecule has 0 saturated heterocycles. The molecule has 0 atom stereocenters. The van der Waals surface area contributed by atoms with E-state index < -0.39 is 0 Å². The summed E-state index contributed by atoms with van der Waals surface area (Å²) >= 11 is 0. The van der Waals surface area contributed by atoms with Gasteiger partial charge >= 0.3 is 5.63 Å². The first-order valence-electron chi connectivity index (χ1n) is 17.1. The number of fused-ring (bicyclic) bond motifs is 2. The molecule has 1 aromatic heterocycles. The number of hydrogen-bond acceptors (Lipinski definition) is 4. The number of rotatable bonds is 19. The summed E-state index contributed by atoms with van der Waals surface area (Å²) in [4.78, 5) is 18.0. The van der Waals surface area contributed by atoms with Gasteiger partial charge < -0.3 is 14.2 Å². The molecule has 0 bridgehead atoms. The average Bonchev–Trinajstić information content (AvgIpc) is 2.96. The van der Waals surface area contributed by atoms with E-state index in [9.17, 15) is 4.79 Å². The van der Waals surface area contributed by atoms with Crippen molar-refractivity contribution in [1.29, 1.82) is 0 Å². The monoisotopic (exact) mass is 550 g/mol. The van der Waals surface area contributed by atoms with Crippen molar-refractivity contribution in [3.8, 4) is 0 Å². The number of benzene rings is 1. The second kappa shape index (κ2) is 16.6. The molecular weight excluding hydrogens is 492 g/mol. The quantitative estimate of drug-likeness (QED) is 0.129. The third-order valence-electron chi connectivity index (χ3n) is 9.59. The highest BCUT2D eigenvalue weighted by molar-refractivity contribution is 5.91. The first kappa shape index (κ1) is 31.1. The van der Waals surface area contributed by atoms with Crippen LogP contribution in [0.2, 0.25) is 0 Å². The van der Waals surface area contributed by atoms with Gasteiger partial charge in [0.15, 0.2) is 0 Å². The summed E-state index contributed by atoms with van der Waals surface area (Å²) in [6, 6.07) is 2.34. The molecule has 0 radical (unpaired) electrons. The highest BCUT2D eigenvalue weighted by Gasteiger charge is 2.28. The molecule has 40 heavy (non-hydrogen) atoms. The van der Waals surface area contributed by atoms with E-state index in [2.05, 4.69) is 36.8 Å². The highest BCUT2D eigenvalue weighted by Crippen LogP contribution is 2.40. The van der Waals surface area contributed by atoms with Crippen molar-refractivity contribution in [2.75, 3.05) is 31.6 Å². The van der Waals surface area contributed by atoms with Crippen LogP contribution in [0.4, 0.5) is 5.69 Å². The fourth-order valence-corrected chi connectivity index (χ4v) is 7.16. The molecule has 0 amide bonds. The molecule has 0 spiro atoms. The third kappa shape index (κ3) is 8.60. The summed E-state index contributed by atoms with van der Waals surface area (Å²) in [5.41, 5.74) is 6.82. The molecule has 2 aromatic rings. The normalized spacial score (nSPS) is 14.8. The molecule has 1 aromatic carbocycles. The summed E-state index contributed by atoms with van der Waals surface area (Å²) in [5, 5.41) is 1.17. The molecule has 224 valence electrons. The topological polar surface area (TPSA) is 36.7 Å². The van der Waals surface area contributed by atoms with Gasteiger partial charge in [0.05, 0.1) is 5.56 Å². The van der Waals surface area contributed by atoms with Crippen LogP contribution in [0.3, 0.4) is 0 Å². The largest absolute Gasteiger partial charge is 0.422 e. The molecule has 2 aliphatic heterocycles. The zero-order chi connectivity index (χ0) is 28.2. The van der Waals surface area contributed by atoms with Crippen molar-refractivity contribution in [1.82, 2.24) is 4.90 Å². The Kier molecular flexibility index (Phi) is 12.9. The lowest BCUT2D eigenvalue weighted by Crippen LogP contribution is -2.34. The molecule has 4 rings (SSSR count). The molecule has 0 saturated carbocycles. The molecule has 0 aliphatic carbocycles. The van der Waals surface area contributed by atoms with E-state index in [4.69, 9.17) is 4.42 Å². The summed E-state index contributed by atoms with van der Waals surface area (Å²) in [6.45, 7) is 8.43. The van der Waals surface area contributed by atoms with Crippen LogP contribution in [0, 0.1) is 6.92 Å². The van der Waals surface area contributed by atoms with Crippen molar-refractivity contribution in [3.63, 3.8) is 0 Å². The second-order valence-corrected chi connectivity index (χ2v) is 13.0. The lowest BCUT2D eigenvalue weighted by atomic mass is 9.88. The van der Waals surface area contributed by atoms with Gasteiger partial charge in [-0.15, -0.1) is 0 Å². The van der Waals surface area contributed by atoms with E-state index in [0.717, 1.165) is 55.6 Å². The molecule has 4 nitrogen and oxygen atoms in total. The van der Waals surface area contributed by atoms with Crippen LogP contribution in [-0.2, 0) is 19.4 Å². The number of aryl methyl sites for hydroxylation is 3. The van der Waals surface area contributed by atoms with Gasteiger partial charge in [-0.2, -0.15) is 0 Å². The standard InChI is InChI=1S/C36H58N2O2/c1-4-5-6-7-8-9-10-11-12-13-14-15-16-17-18-19-24-37(3)28-33-29(2)32-27-30-22-20-25-38-26-21-23-31(34(30)38)35(32)40-36(33)39/h27H,4-26,28H2,1-3H3. The van der Waals surface area contributed by atoms with E-state index in [1.807, 2.05) is 0 Å². The van der Waals surface area contributed by atoms with Crippen molar-refractivity contribution in [2.24, 2.45) is 0 Å². The summed E-state index contributed by atoms with van der Waals surface area (Å²) < 4.78 is 6.07. The predicted molar refractivity (Wildman–Crippen MR) is 172 cm³/mol. The van der Waals surface area contributed by atoms with E-state index in [0.29, 0.717) is 6.54 Å². The minimum absolute atomic E-state index is 0.132.